The largest absolute Gasteiger partial charge is 0.298 e. The molecular weight excluding hydrogens is 232 g/mol. The fourth-order valence-corrected chi connectivity index (χ4v) is 2.47. The highest BCUT2D eigenvalue weighted by Crippen LogP contribution is 2.22. The molecule has 0 saturated carbocycles. The van der Waals surface area contributed by atoms with Gasteiger partial charge in [0.1, 0.15) is 0 Å². The van der Waals surface area contributed by atoms with Gasteiger partial charge in [-0.15, -0.1) is 11.3 Å². The van der Waals surface area contributed by atoms with Gasteiger partial charge in [0.25, 0.3) is 5.91 Å². The Morgan fingerprint density at radius 2 is 2.06 bits per heavy atom. The summed E-state index contributed by atoms with van der Waals surface area (Å²) >= 11 is 1.52. The van der Waals surface area contributed by atoms with Crippen molar-refractivity contribution in [2.75, 3.05) is 5.32 Å². The molecule has 1 N–H and O–H groups in total. The fraction of sp³-hybridized carbons (Fsp3) is 0.231. The van der Waals surface area contributed by atoms with Gasteiger partial charge in [0.05, 0.1) is 5.69 Å². The lowest BCUT2D eigenvalue weighted by molar-refractivity contribution is 0.102. The van der Waals surface area contributed by atoms with E-state index in [1.807, 2.05) is 25.1 Å². The second kappa shape index (κ2) is 5.10. The van der Waals surface area contributed by atoms with Gasteiger partial charge in [-0.05, 0) is 25.5 Å². The molecule has 0 saturated heterocycles. The molecule has 0 bridgehead atoms. The number of thiazole rings is 1. The van der Waals surface area contributed by atoms with E-state index in [-0.39, 0.29) is 5.91 Å². The van der Waals surface area contributed by atoms with E-state index in [0.29, 0.717) is 10.7 Å². The molecule has 2 aromatic rings. The predicted octanol–water partition coefficient (Wildman–Crippen LogP) is 3.27. The maximum absolute atomic E-state index is 11.9. The molecule has 2 rings (SSSR count). The first-order chi connectivity index (χ1) is 8.20. The van der Waals surface area contributed by atoms with Gasteiger partial charge < -0.3 is 0 Å². The van der Waals surface area contributed by atoms with Crippen molar-refractivity contribution in [2.45, 2.75) is 20.3 Å². The first kappa shape index (κ1) is 11.8. The number of benzene rings is 1. The van der Waals surface area contributed by atoms with Crippen molar-refractivity contribution < 1.29 is 4.79 Å². The number of hydrogen-bond acceptors (Lipinski definition) is 3. The highest BCUT2D eigenvalue weighted by Gasteiger charge is 2.10. The molecule has 0 fully saturated rings. The van der Waals surface area contributed by atoms with E-state index in [0.717, 1.165) is 17.0 Å². The van der Waals surface area contributed by atoms with Crippen molar-refractivity contribution in [2.24, 2.45) is 0 Å². The number of amides is 1. The molecular formula is C13H14N2OS. The van der Waals surface area contributed by atoms with E-state index >= 15 is 0 Å². The number of carbonyl (C=O) groups is 1. The topological polar surface area (TPSA) is 42.0 Å². The van der Waals surface area contributed by atoms with E-state index in [4.69, 9.17) is 0 Å². The van der Waals surface area contributed by atoms with Crippen molar-refractivity contribution >= 4 is 22.4 Å². The lowest BCUT2D eigenvalue weighted by Gasteiger charge is -2.00. The Balaban J connectivity index is 2.13. The summed E-state index contributed by atoms with van der Waals surface area (Å²) in [5, 5.41) is 3.50. The van der Waals surface area contributed by atoms with Gasteiger partial charge >= 0.3 is 0 Å². The predicted molar refractivity (Wildman–Crippen MR) is 70.6 cm³/mol. The Morgan fingerprint density at radius 3 is 2.65 bits per heavy atom. The summed E-state index contributed by atoms with van der Waals surface area (Å²) in [6.07, 6.45) is 0.892. The molecule has 1 amide bonds. The monoisotopic (exact) mass is 246 g/mol. The van der Waals surface area contributed by atoms with Crippen LogP contribution >= 0.6 is 11.3 Å². The van der Waals surface area contributed by atoms with Crippen LogP contribution in [0.4, 0.5) is 5.13 Å². The second-order valence-corrected chi connectivity index (χ2v) is 4.90. The minimum absolute atomic E-state index is 0.109. The number of nitrogens with zero attached hydrogens (tertiary/aromatic N) is 1. The summed E-state index contributed by atoms with van der Waals surface area (Å²) in [7, 11) is 0. The molecule has 17 heavy (non-hydrogen) atoms. The smallest absolute Gasteiger partial charge is 0.257 e. The number of aromatic nitrogens is 1. The Morgan fingerprint density at radius 1 is 1.35 bits per heavy atom. The Bertz CT molecular complexity index is 519. The third-order valence-electron chi connectivity index (χ3n) is 2.48. The van der Waals surface area contributed by atoms with E-state index in [1.165, 1.54) is 11.3 Å². The van der Waals surface area contributed by atoms with Crippen LogP contribution in [0.25, 0.3) is 0 Å². The molecule has 0 aliphatic rings. The minimum atomic E-state index is -0.109. The van der Waals surface area contributed by atoms with Gasteiger partial charge in [0.2, 0.25) is 0 Å². The van der Waals surface area contributed by atoms with Gasteiger partial charge in [-0.1, -0.05) is 25.1 Å². The summed E-state index contributed by atoms with van der Waals surface area (Å²) < 4.78 is 0. The molecule has 0 spiro atoms. The maximum Gasteiger partial charge on any atom is 0.257 e. The zero-order valence-corrected chi connectivity index (χ0v) is 10.7. The average molecular weight is 246 g/mol. The molecule has 0 aliphatic carbocycles. The van der Waals surface area contributed by atoms with E-state index < -0.39 is 0 Å². The van der Waals surface area contributed by atoms with Crippen LogP contribution in [0.15, 0.2) is 30.3 Å². The number of hydrogen-bond donors (Lipinski definition) is 1. The van der Waals surface area contributed by atoms with Crippen molar-refractivity contribution in [3.8, 4) is 0 Å². The summed E-state index contributed by atoms with van der Waals surface area (Å²) in [6, 6.07) is 9.16. The molecule has 4 heteroatoms. The van der Waals surface area contributed by atoms with Crippen molar-refractivity contribution in [3.05, 3.63) is 46.5 Å². The van der Waals surface area contributed by atoms with Gasteiger partial charge in [-0.25, -0.2) is 4.98 Å². The molecule has 0 radical (unpaired) electrons. The standard InChI is InChI=1S/C13H14N2OS/c1-3-11-9(2)17-13(14-11)15-12(16)10-7-5-4-6-8-10/h4-8H,3H2,1-2H3,(H,14,15,16). The zero-order valence-electron chi connectivity index (χ0n) is 9.86. The summed E-state index contributed by atoms with van der Waals surface area (Å²) in [5.74, 6) is -0.109. The van der Waals surface area contributed by atoms with Crippen LogP contribution < -0.4 is 5.32 Å². The molecule has 0 unspecified atom stereocenters. The lowest BCUT2D eigenvalue weighted by atomic mass is 10.2. The number of aryl methyl sites for hydroxylation is 2. The molecule has 0 atom stereocenters. The van der Waals surface area contributed by atoms with Crippen LogP contribution in [-0.2, 0) is 6.42 Å². The molecule has 88 valence electrons. The first-order valence-corrected chi connectivity index (χ1v) is 6.35. The molecule has 1 aromatic carbocycles. The quantitative estimate of drug-likeness (QED) is 0.903. The van der Waals surface area contributed by atoms with Crippen molar-refractivity contribution in [1.29, 1.82) is 0 Å². The van der Waals surface area contributed by atoms with Gasteiger partial charge in [-0.2, -0.15) is 0 Å². The van der Waals surface area contributed by atoms with Gasteiger partial charge in [0, 0.05) is 10.4 Å². The first-order valence-electron chi connectivity index (χ1n) is 5.53. The van der Waals surface area contributed by atoms with E-state index in [1.54, 1.807) is 12.1 Å². The van der Waals surface area contributed by atoms with Gasteiger partial charge in [0.15, 0.2) is 5.13 Å². The van der Waals surface area contributed by atoms with Crippen LogP contribution in [0.5, 0.6) is 0 Å². The second-order valence-electron chi connectivity index (χ2n) is 3.70. The maximum atomic E-state index is 11.9. The molecule has 1 aromatic heterocycles. The summed E-state index contributed by atoms with van der Waals surface area (Å²) in [4.78, 5) is 17.4. The van der Waals surface area contributed by atoms with E-state index in [9.17, 15) is 4.79 Å². The summed E-state index contributed by atoms with van der Waals surface area (Å²) in [6.45, 7) is 4.08. The fourth-order valence-electron chi connectivity index (χ4n) is 1.57. The Hall–Kier alpha value is -1.68. The van der Waals surface area contributed by atoms with E-state index in [2.05, 4.69) is 17.2 Å². The SMILES string of the molecule is CCc1nc(NC(=O)c2ccccc2)sc1C. The Kier molecular flexibility index (Phi) is 3.54. The van der Waals surface area contributed by atoms with Crippen LogP contribution in [0.1, 0.15) is 27.9 Å². The highest BCUT2D eigenvalue weighted by atomic mass is 32.1. The number of carbonyl (C=O) groups excluding carboxylic acids is 1. The normalized spacial score (nSPS) is 10.2. The molecule has 3 nitrogen and oxygen atoms in total. The zero-order chi connectivity index (χ0) is 12.3. The molecule has 1 heterocycles. The molecule has 0 aliphatic heterocycles. The average Bonchev–Trinajstić information content (AvgIpc) is 2.70. The van der Waals surface area contributed by atoms with Crippen LogP contribution in [-0.4, -0.2) is 10.9 Å². The lowest BCUT2D eigenvalue weighted by Crippen LogP contribution is -2.11. The number of anilines is 1. The third kappa shape index (κ3) is 2.71. The Labute approximate surface area is 105 Å². The van der Waals surface area contributed by atoms with Crippen molar-refractivity contribution in [1.82, 2.24) is 4.98 Å². The number of rotatable bonds is 3. The van der Waals surface area contributed by atoms with Gasteiger partial charge in [-0.3, -0.25) is 10.1 Å². The van der Waals surface area contributed by atoms with Crippen LogP contribution in [0.2, 0.25) is 0 Å². The van der Waals surface area contributed by atoms with Crippen molar-refractivity contribution in [3.63, 3.8) is 0 Å². The third-order valence-corrected chi connectivity index (χ3v) is 3.41. The minimum Gasteiger partial charge on any atom is -0.298 e. The van der Waals surface area contributed by atoms with Crippen LogP contribution in [0.3, 0.4) is 0 Å². The highest BCUT2D eigenvalue weighted by molar-refractivity contribution is 7.15. The van der Waals surface area contributed by atoms with Crippen LogP contribution in [0, 0.1) is 6.92 Å². The summed E-state index contributed by atoms with van der Waals surface area (Å²) in [5.41, 5.74) is 1.71. The number of nitrogens with one attached hydrogen (secondary N) is 1.